The summed E-state index contributed by atoms with van der Waals surface area (Å²) in [5.74, 6) is 0.301. The molecule has 3 aromatic rings. The molecule has 0 radical (unpaired) electrons. The van der Waals surface area contributed by atoms with Crippen molar-refractivity contribution in [2.45, 2.75) is 26.1 Å². The number of hydrogen-bond donors (Lipinski definition) is 1. The van der Waals surface area contributed by atoms with E-state index in [9.17, 15) is 4.79 Å². The maximum atomic E-state index is 12.5. The molecule has 2 heterocycles. The fourth-order valence-corrected chi connectivity index (χ4v) is 3.19. The van der Waals surface area contributed by atoms with Gasteiger partial charge >= 0.3 is 0 Å². The fourth-order valence-electron chi connectivity index (χ4n) is 3.19. The van der Waals surface area contributed by atoms with Gasteiger partial charge in [-0.25, -0.2) is 0 Å². The largest absolute Gasteiger partial charge is 0.494 e. The molecule has 1 amide bonds. The van der Waals surface area contributed by atoms with Crippen LogP contribution in [0.15, 0.2) is 73.3 Å². The Labute approximate surface area is 165 Å². The zero-order valence-corrected chi connectivity index (χ0v) is 15.9. The maximum absolute atomic E-state index is 12.5. The van der Waals surface area contributed by atoms with Gasteiger partial charge in [0.15, 0.2) is 0 Å². The molecule has 6 nitrogen and oxygen atoms in total. The monoisotopic (exact) mass is 376 g/mol. The average Bonchev–Trinajstić information content (AvgIpc) is 2.70. The van der Waals surface area contributed by atoms with Crippen LogP contribution in [0.5, 0.6) is 5.75 Å². The molecule has 6 heteroatoms. The molecule has 0 saturated heterocycles. The molecule has 3 rings (SSSR count). The number of hydrogen-bond acceptors (Lipinski definition) is 5. The lowest BCUT2D eigenvalue weighted by atomic mass is 10.0. The third-order valence-corrected chi connectivity index (χ3v) is 4.34. The summed E-state index contributed by atoms with van der Waals surface area (Å²) in [7, 11) is 0. The van der Waals surface area contributed by atoms with Crippen LogP contribution in [0.25, 0.3) is 0 Å². The fraction of sp³-hybridized carbons (Fsp3) is 0.227. The average molecular weight is 376 g/mol. The van der Waals surface area contributed by atoms with Crippen LogP contribution in [0, 0.1) is 0 Å². The smallest absolute Gasteiger partial charge is 0.239 e. The van der Waals surface area contributed by atoms with Gasteiger partial charge in [-0.15, -0.1) is 0 Å². The lowest BCUT2D eigenvalue weighted by Crippen LogP contribution is -2.37. The quantitative estimate of drug-likeness (QED) is 0.621. The molecule has 0 aliphatic carbocycles. The van der Waals surface area contributed by atoms with Gasteiger partial charge in [0, 0.05) is 37.9 Å². The van der Waals surface area contributed by atoms with Crippen molar-refractivity contribution in [2.24, 2.45) is 5.73 Å². The van der Waals surface area contributed by atoms with Crippen LogP contribution in [-0.4, -0.2) is 27.4 Å². The van der Waals surface area contributed by atoms with Crippen LogP contribution >= 0.6 is 0 Å². The molecule has 2 N–H and O–H groups in total. The minimum absolute atomic E-state index is 0.415. The first-order valence-corrected chi connectivity index (χ1v) is 9.21. The van der Waals surface area contributed by atoms with Crippen molar-refractivity contribution in [1.82, 2.24) is 14.9 Å². The van der Waals surface area contributed by atoms with Crippen molar-refractivity contribution < 1.29 is 9.53 Å². The summed E-state index contributed by atoms with van der Waals surface area (Å²) in [6.07, 6.45) is 7.05. The first kappa shape index (κ1) is 19.5. The standard InChI is InChI=1S/C22H24N4O2/c1-2-28-20-9-3-8-19(12-20)21(22(23)27)26(15-17-6-4-10-24-13-17)16-18-7-5-11-25-14-18/h3-14,21H,2,15-16H2,1H3,(H2,23,27). The predicted molar refractivity (Wildman–Crippen MR) is 107 cm³/mol. The minimum atomic E-state index is -0.610. The molecule has 144 valence electrons. The van der Waals surface area contributed by atoms with Gasteiger partial charge in [0.2, 0.25) is 5.91 Å². The van der Waals surface area contributed by atoms with E-state index in [4.69, 9.17) is 10.5 Å². The van der Waals surface area contributed by atoms with E-state index in [-0.39, 0.29) is 0 Å². The number of carbonyl (C=O) groups is 1. The minimum Gasteiger partial charge on any atom is -0.494 e. The highest BCUT2D eigenvalue weighted by molar-refractivity contribution is 5.81. The van der Waals surface area contributed by atoms with Gasteiger partial charge in [0.05, 0.1) is 6.61 Å². The van der Waals surface area contributed by atoms with Crippen molar-refractivity contribution in [3.63, 3.8) is 0 Å². The Kier molecular flexibility index (Phi) is 6.70. The van der Waals surface area contributed by atoms with E-state index in [1.165, 1.54) is 0 Å². The van der Waals surface area contributed by atoms with E-state index < -0.39 is 11.9 Å². The van der Waals surface area contributed by atoms with Gasteiger partial charge in [-0.2, -0.15) is 0 Å². The molecule has 28 heavy (non-hydrogen) atoms. The Bertz CT molecular complexity index is 846. The Morgan fingerprint density at radius 1 is 1.04 bits per heavy atom. The van der Waals surface area contributed by atoms with Crippen LogP contribution in [0.2, 0.25) is 0 Å². The third-order valence-electron chi connectivity index (χ3n) is 4.34. The van der Waals surface area contributed by atoms with Gasteiger partial charge in [-0.1, -0.05) is 24.3 Å². The molecule has 0 bridgehead atoms. The first-order valence-electron chi connectivity index (χ1n) is 9.21. The van der Waals surface area contributed by atoms with Crippen LogP contribution in [-0.2, 0) is 17.9 Å². The summed E-state index contributed by atoms with van der Waals surface area (Å²) in [6.45, 7) is 3.53. The molecule has 0 spiro atoms. The third kappa shape index (κ3) is 5.14. The predicted octanol–water partition coefficient (Wildman–Crippen LogP) is 3.10. The summed E-state index contributed by atoms with van der Waals surface area (Å²) >= 11 is 0. The second-order valence-electron chi connectivity index (χ2n) is 6.44. The van der Waals surface area contributed by atoms with E-state index in [1.807, 2.05) is 60.4 Å². The summed E-state index contributed by atoms with van der Waals surface area (Å²) in [5, 5.41) is 0. The number of benzene rings is 1. The van der Waals surface area contributed by atoms with Crippen LogP contribution in [0.4, 0.5) is 0 Å². The Morgan fingerprint density at radius 2 is 1.68 bits per heavy atom. The maximum Gasteiger partial charge on any atom is 0.239 e. The van der Waals surface area contributed by atoms with Crippen LogP contribution in [0.3, 0.4) is 0 Å². The number of nitrogens with two attached hydrogens (primary N) is 1. The molecule has 1 unspecified atom stereocenters. The van der Waals surface area contributed by atoms with Gasteiger partial charge in [-0.3, -0.25) is 19.7 Å². The highest BCUT2D eigenvalue weighted by atomic mass is 16.5. The Morgan fingerprint density at radius 3 is 2.18 bits per heavy atom. The second-order valence-corrected chi connectivity index (χ2v) is 6.44. The highest BCUT2D eigenvalue weighted by Gasteiger charge is 2.26. The summed E-state index contributed by atoms with van der Waals surface area (Å²) in [6, 6.07) is 14.6. The number of carbonyl (C=O) groups excluding carboxylic acids is 1. The van der Waals surface area contributed by atoms with Crippen molar-refractivity contribution in [1.29, 1.82) is 0 Å². The zero-order chi connectivity index (χ0) is 19.8. The van der Waals surface area contributed by atoms with Crippen molar-refractivity contribution in [2.75, 3.05) is 6.61 Å². The molecule has 0 saturated carbocycles. The topological polar surface area (TPSA) is 81.3 Å². The second kappa shape index (κ2) is 9.62. The van der Waals surface area contributed by atoms with E-state index in [2.05, 4.69) is 9.97 Å². The SMILES string of the molecule is CCOc1cccc(C(C(N)=O)N(Cc2cccnc2)Cc2cccnc2)c1. The summed E-state index contributed by atoms with van der Waals surface area (Å²) < 4.78 is 5.60. The lowest BCUT2D eigenvalue weighted by molar-refractivity contribution is -0.124. The van der Waals surface area contributed by atoms with Gasteiger partial charge in [0.1, 0.15) is 11.8 Å². The molecule has 1 atom stereocenters. The normalized spacial score (nSPS) is 11.9. The van der Waals surface area contributed by atoms with E-state index in [0.717, 1.165) is 16.7 Å². The summed E-state index contributed by atoms with van der Waals surface area (Å²) in [5.41, 5.74) is 8.64. The van der Waals surface area contributed by atoms with Crippen LogP contribution in [0.1, 0.15) is 29.7 Å². The number of pyridine rings is 2. The van der Waals surface area contributed by atoms with Gasteiger partial charge in [0.25, 0.3) is 0 Å². The van der Waals surface area contributed by atoms with Crippen molar-refractivity contribution >= 4 is 5.91 Å². The highest BCUT2D eigenvalue weighted by Crippen LogP contribution is 2.27. The lowest BCUT2D eigenvalue weighted by Gasteiger charge is -2.30. The number of primary amides is 1. The van der Waals surface area contributed by atoms with Gasteiger partial charge < -0.3 is 10.5 Å². The molecule has 0 aliphatic heterocycles. The molecular formula is C22H24N4O2. The first-order chi connectivity index (χ1) is 13.7. The summed E-state index contributed by atoms with van der Waals surface area (Å²) in [4.78, 5) is 22.9. The number of nitrogens with zero attached hydrogens (tertiary/aromatic N) is 3. The number of aromatic nitrogens is 2. The Hall–Kier alpha value is -3.25. The molecular weight excluding hydrogens is 352 g/mol. The molecule has 0 fully saturated rings. The van der Waals surface area contributed by atoms with E-state index >= 15 is 0 Å². The number of ether oxygens (including phenoxy) is 1. The van der Waals surface area contributed by atoms with Crippen molar-refractivity contribution in [3.8, 4) is 5.75 Å². The Balaban J connectivity index is 1.96. The number of amides is 1. The van der Waals surface area contributed by atoms with E-state index in [0.29, 0.717) is 25.4 Å². The van der Waals surface area contributed by atoms with Crippen molar-refractivity contribution in [3.05, 3.63) is 90.0 Å². The van der Waals surface area contributed by atoms with Crippen LogP contribution < -0.4 is 10.5 Å². The molecule has 1 aromatic carbocycles. The molecule has 0 aliphatic rings. The van der Waals surface area contributed by atoms with E-state index in [1.54, 1.807) is 24.8 Å². The zero-order valence-electron chi connectivity index (χ0n) is 15.9. The number of rotatable bonds is 9. The molecule has 2 aromatic heterocycles. The van der Waals surface area contributed by atoms with Gasteiger partial charge in [-0.05, 0) is 47.9 Å².